The van der Waals surface area contributed by atoms with Crippen LogP contribution in [-0.2, 0) is 9.84 Å². The first-order chi connectivity index (χ1) is 10.0. The highest BCUT2D eigenvalue weighted by Gasteiger charge is 2.25. The van der Waals surface area contributed by atoms with Gasteiger partial charge in [-0.05, 0) is 30.4 Å². The molecule has 0 saturated carbocycles. The molecule has 2 unspecified atom stereocenters. The molecule has 1 saturated heterocycles. The van der Waals surface area contributed by atoms with E-state index in [9.17, 15) is 13.5 Å². The van der Waals surface area contributed by atoms with Gasteiger partial charge in [-0.15, -0.1) is 11.3 Å². The molecule has 1 fully saturated rings. The molecule has 2 atom stereocenters. The highest BCUT2D eigenvalue weighted by atomic mass is 32.2. The van der Waals surface area contributed by atoms with Crippen molar-refractivity contribution in [2.24, 2.45) is 0 Å². The molecule has 21 heavy (non-hydrogen) atoms. The number of aliphatic hydroxyl groups excluding tert-OH is 1. The molecule has 2 aromatic rings. The van der Waals surface area contributed by atoms with Crippen LogP contribution in [0.5, 0.6) is 0 Å². The van der Waals surface area contributed by atoms with Gasteiger partial charge >= 0.3 is 0 Å². The van der Waals surface area contributed by atoms with Gasteiger partial charge in [-0.2, -0.15) is 0 Å². The average molecular weight is 325 g/mol. The van der Waals surface area contributed by atoms with Crippen LogP contribution in [0, 0.1) is 0 Å². The molecular weight excluding hydrogens is 306 g/mol. The zero-order chi connectivity index (χ0) is 14.9. The molecule has 3 rings (SSSR count). The van der Waals surface area contributed by atoms with Gasteiger partial charge < -0.3 is 10.4 Å². The predicted octanol–water partition coefficient (Wildman–Crippen LogP) is 2.10. The lowest BCUT2D eigenvalue weighted by molar-refractivity contribution is 0.173. The van der Waals surface area contributed by atoms with Crippen LogP contribution in [0.4, 0.5) is 0 Å². The summed E-state index contributed by atoms with van der Waals surface area (Å²) in [5.74, 6) is 0.482. The van der Waals surface area contributed by atoms with Crippen LogP contribution in [0.15, 0.2) is 30.3 Å². The van der Waals surface area contributed by atoms with Crippen molar-refractivity contribution >= 4 is 31.3 Å². The first-order valence-corrected chi connectivity index (χ1v) is 9.78. The van der Waals surface area contributed by atoms with Crippen molar-refractivity contribution in [3.63, 3.8) is 0 Å². The minimum Gasteiger partial charge on any atom is -0.386 e. The van der Waals surface area contributed by atoms with Gasteiger partial charge in [0.1, 0.15) is 6.10 Å². The third kappa shape index (κ3) is 3.63. The van der Waals surface area contributed by atoms with Gasteiger partial charge in [0, 0.05) is 22.2 Å². The van der Waals surface area contributed by atoms with E-state index >= 15 is 0 Å². The van der Waals surface area contributed by atoms with Crippen molar-refractivity contribution in [3.05, 3.63) is 35.2 Å². The Morgan fingerprint density at radius 2 is 2.19 bits per heavy atom. The van der Waals surface area contributed by atoms with Crippen LogP contribution in [-0.4, -0.2) is 37.6 Å². The number of fused-ring (bicyclic) bond motifs is 1. The van der Waals surface area contributed by atoms with Crippen LogP contribution in [0.1, 0.15) is 23.8 Å². The first-order valence-electron chi connectivity index (χ1n) is 7.14. The summed E-state index contributed by atoms with van der Waals surface area (Å²) >= 11 is 1.58. The molecular formula is C15H19NO3S2. The summed E-state index contributed by atoms with van der Waals surface area (Å²) in [6.45, 7) is 0.396. The largest absolute Gasteiger partial charge is 0.386 e. The van der Waals surface area contributed by atoms with E-state index in [1.165, 1.54) is 0 Å². The van der Waals surface area contributed by atoms with Crippen molar-refractivity contribution in [1.29, 1.82) is 0 Å². The van der Waals surface area contributed by atoms with Crippen molar-refractivity contribution in [1.82, 2.24) is 5.32 Å². The zero-order valence-corrected chi connectivity index (χ0v) is 13.3. The van der Waals surface area contributed by atoms with Crippen LogP contribution >= 0.6 is 11.3 Å². The normalized spacial score (nSPS) is 23.2. The maximum Gasteiger partial charge on any atom is 0.151 e. The summed E-state index contributed by atoms with van der Waals surface area (Å²) in [6, 6.07) is 10.0. The van der Waals surface area contributed by atoms with Gasteiger partial charge in [-0.25, -0.2) is 8.42 Å². The first kappa shape index (κ1) is 15.0. The fraction of sp³-hybridized carbons (Fsp3) is 0.467. The van der Waals surface area contributed by atoms with E-state index in [1.807, 2.05) is 30.3 Å². The Morgan fingerprint density at radius 3 is 2.95 bits per heavy atom. The van der Waals surface area contributed by atoms with E-state index in [0.29, 0.717) is 18.7 Å². The Labute approximate surface area is 128 Å². The molecule has 0 radical (unpaired) electrons. The molecule has 0 spiro atoms. The SMILES string of the molecule is O=S1(=O)CCCC(NCC(O)c2cc3ccccc3s2)C1. The molecule has 1 aliphatic rings. The number of aliphatic hydroxyl groups is 1. The number of nitrogens with one attached hydrogen (secondary N) is 1. The Balaban J connectivity index is 1.62. The minimum atomic E-state index is -2.91. The topological polar surface area (TPSA) is 66.4 Å². The third-order valence-electron chi connectivity index (χ3n) is 3.84. The fourth-order valence-electron chi connectivity index (χ4n) is 2.73. The zero-order valence-electron chi connectivity index (χ0n) is 11.7. The van der Waals surface area contributed by atoms with Gasteiger partial charge in [-0.1, -0.05) is 18.2 Å². The molecule has 114 valence electrons. The van der Waals surface area contributed by atoms with Crippen LogP contribution < -0.4 is 5.32 Å². The van der Waals surface area contributed by atoms with Gasteiger partial charge in [-0.3, -0.25) is 0 Å². The Morgan fingerprint density at radius 1 is 1.38 bits per heavy atom. The molecule has 1 aromatic heterocycles. The fourth-order valence-corrected chi connectivity index (χ4v) is 5.45. The summed E-state index contributed by atoms with van der Waals surface area (Å²) < 4.78 is 24.3. The number of hydrogen-bond acceptors (Lipinski definition) is 5. The quantitative estimate of drug-likeness (QED) is 0.903. The smallest absolute Gasteiger partial charge is 0.151 e. The van der Waals surface area contributed by atoms with E-state index in [0.717, 1.165) is 21.4 Å². The lowest BCUT2D eigenvalue weighted by atomic mass is 10.1. The Hall–Kier alpha value is -0.950. The summed E-state index contributed by atoms with van der Waals surface area (Å²) in [4.78, 5) is 0.919. The molecule has 0 aliphatic carbocycles. The van der Waals surface area contributed by atoms with Gasteiger partial charge in [0.05, 0.1) is 11.5 Å². The molecule has 2 heterocycles. The second kappa shape index (κ2) is 6.04. The summed E-state index contributed by atoms with van der Waals surface area (Å²) in [6.07, 6.45) is 0.976. The number of rotatable bonds is 4. The molecule has 0 bridgehead atoms. The molecule has 1 aliphatic heterocycles. The van der Waals surface area contributed by atoms with E-state index in [-0.39, 0.29) is 11.8 Å². The molecule has 0 amide bonds. The summed E-state index contributed by atoms with van der Waals surface area (Å²) in [5.41, 5.74) is 0. The van der Waals surface area contributed by atoms with Crippen molar-refractivity contribution in [2.45, 2.75) is 25.0 Å². The lowest BCUT2D eigenvalue weighted by Crippen LogP contribution is -2.41. The Bertz CT molecular complexity index is 690. The van der Waals surface area contributed by atoms with Crippen molar-refractivity contribution < 1.29 is 13.5 Å². The maximum atomic E-state index is 11.6. The number of thiophene rings is 1. The van der Waals surface area contributed by atoms with E-state index in [1.54, 1.807) is 11.3 Å². The third-order valence-corrected chi connectivity index (χ3v) is 6.87. The summed E-state index contributed by atoms with van der Waals surface area (Å²) in [7, 11) is -2.91. The molecule has 1 aromatic carbocycles. The van der Waals surface area contributed by atoms with E-state index in [2.05, 4.69) is 5.32 Å². The second-order valence-corrected chi connectivity index (χ2v) is 8.91. The van der Waals surface area contributed by atoms with Gasteiger partial charge in [0.25, 0.3) is 0 Å². The molecule has 4 nitrogen and oxygen atoms in total. The molecule has 2 N–H and O–H groups in total. The Kier molecular flexibility index (Phi) is 4.31. The number of sulfone groups is 1. The minimum absolute atomic E-state index is 0.0345. The van der Waals surface area contributed by atoms with Crippen LogP contribution in [0.3, 0.4) is 0 Å². The van der Waals surface area contributed by atoms with Gasteiger partial charge in [0.15, 0.2) is 9.84 Å². The van der Waals surface area contributed by atoms with Crippen LogP contribution in [0.25, 0.3) is 10.1 Å². The average Bonchev–Trinajstić information content (AvgIpc) is 2.87. The highest BCUT2D eigenvalue weighted by Crippen LogP contribution is 2.29. The number of hydrogen-bond donors (Lipinski definition) is 2. The standard InChI is InChI=1S/C15H19NO3S2/c17-13(9-16-12-5-3-7-21(18,19)10-12)15-8-11-4-1-2-6-14(11)20-15/h1-2,4,6,8,12-13,16-17H,3,5,7,9-10H2. The second-order valence-electron chi connectivity index (χ2n) is 5.56. The van der Waals surface area contributed by atoms with Crippen molar-refractivity contribution in [3.8, 4) is 0 Å². The predicted molar refractivity (Wildman–Crippen MR) is 86.5 cm³/mol. The monoisotopic (exact) mass is 325 g/mol. The van der Waals surface area contributed by atoms with Crippen LogP contribution in [0.2, 0.25) is 0 Å². The lowest BCUT2D eigenvalue weighted by Gasteiger charge is -2.24. The maximum absolute atomic E-state index is 11.6. The number of benzene rings is 1. The van der Waals surface area contributed by atoms with Gasteiger partial charge in [0.2, 0.25) is 0 Å². The molecule has 6 heteroatoms. The van der Waals surface area contributed by atoms with E-state index < -0.39 is 15.9 Å². The van der Waals surface area contributed by atoms with E-state index in [4.69, 9.17) is 0 Å². The van der Waals surface area contributed by atoms with Crippen molar-refractivity contribution in [2.75, 3.05) is 18.1 Å². The summed E-state index contributed by atoms with van der Waals surface area (Å²) in [5, 5.41) is 14.6. The highest BCUT2D eigenvalue weighted by molar-refractivity contribution is 7.91.